The summed E-state index contributed by atoms with van der Waals surface area (Å²) < 4.78 is 6.00. The van der Waals surface area contributed by atoms with E-state index in [1.165, 1.54) is 4.90 Å². The van der Waals surface area contributed by atoms with Crippen LogP contribution in [-0.4, -0.2) is 52.8 Å². The second-order valence-electron chi connectivity index (χ2n) is 7.23. The third-order valence-electron chi connectivity index (χ3n) is 5.80. The lowest BCUT2D eigenvalue weighted by Gasteiger charge is -2.41. The van der Waals surface area contributed by atoms with Gasteiger partial charge < -0.3 is 9.64 Å². The zero-order chi connectivity index (χ0) is 18.4. The maximum absolute atomic E-state index is 13.2. The zero-order valence-corrected chi connectivity index (χ0v) is 16.2. The van der Waals surface area contributed by atoms with Gasteiger partial charge in [0.1, 0.15) is 5.75 Å². The molecule has 138 valence electrons. The first-order valence-corrected chi connectivity index (χ1v) is 9.80. The van der Waals surface area contributed by atoms with Gasteiger partial charge in [-0.2, -0.15) is 0 Å². The molecule has 0 aromatic heterocycles. The van der Waals surface area contributed by atoms with Crippen molar-refractivity contribution in [3.63, 3.8) is 0 Å². The van der Waals surface area contributed by atoms with Crippen LogP contribution in [0.15, 0.2) is 22.7 Å². The Morgan fingerprint density at radius 3 is 2.27 bits per heavy atom. The second kappa shape index (κ2) is 6.68. The minimum Gasteiger partial charge on any atom is -0.497 e. The van der Waals surface area contributed by atoms with Crippen LogP contribution in [0, 0.1) is 0 Å². The molecule has 2 unspecified atom stereocenters. The van der Waals surface area contributed by atoms with E-state index < -0.39 is 0 Å². The lowest BCUT2D eigenvalue weighted by atomic mass is 9.95. The molecule has 2 atom stereocenters. The van der Waals surface area contributed by atoms with Crippen molar-refractivity contribution in [2.45, 2.75) is 56.7 Å². The van der Waals surface area contributed by atoms with E-state index in [0.717, 1.165) is 17.3 Å². The first kappa shape index (κ1) is 17.5. The number of hydrogen-bond donors (Lipinski definition) is 0. The fraction of sp³-hybridized carbons (Fsp3) is 0.526. The number of methoxy groups -OCH3 is 1. The average molecular weight is 421 g/mol. The summed E-state index contributed by atoms with van der Waals surface area (Å²) >= 11 is 3.47. The zero-order valence-electron chi connectivity index (χ0n) is 14.6. The number of amides is 3. The predicted octanol–water partition coefficient (Wildman–Crippen LogP) is 2.74. The number of nitrogens with zero attached hydrogens (tertiary/aromatic N) is 2. The van der Waals surface area contributed by atoms with Gasteiger partial charge in [0.25, 0.3) is 5.91 Å². The van der Waals surface area contributed by atoms with Gasteiger partial charge in [-0.1, -0.05) is 0 Å². The smallest absolute Gasteiger partial charge is 0.255 e. The van der Waals surface area contributed by atoms with Crippen LogP contribution in [0.25, 0.3) is 0 Å². The fourth-order valence-electron chi connectivity index (χ4n) is 4.63. The van der Waals surface area contributed by atoms with Crippen LogP contribution in [0.4, 0.5) is 0 Å². The van der Waals surface area contributed by atoms with Crippen LogP contribution in [-0.2, 0) is 9.59 Å². The van der Waals surface area contributed by atoms with Gasteiger partial charge in [-0.3, -0.25) is 19.3 Å². The molecule has 1 aromatic rings. The summed E-state index contributed by atoms with van der Waals surface area (Å²) in [4.78, 5) is 40.8. The summed E-state index contributed by atoms with van der Waals surface area (Å²) in [5, 5.41) is 0. The van der Waals surface area contributed by atoms with Crippen LogP contribution in [0.5, 0.6) is 5.75 Å². The Hall–Kier alpha value is -1.89. The van der Waals surface area contributed by atoms with Crippen LogP contribution in [0.3, 0.4) is 0 Å². The van der Waals surface area contributed by atoms with E-state index in [1.807, 2.05) is 17.0 Å². The van der Waals surface area contributed by atoms with E-state index in [1.54, 1.807) is 13.2 Å². The lowest BCUT2D eigenvalue weighted by molar-refractivity contribution is -0.142. The van der Waals surface area contributed by atoms with E-state index >= 15 is 0 Å². The number of carbonyl (C=O) groups is 3. The van der Waals surface area contributed by atoms with Crippen LogP contribution in [0.1, 0.15) is 48.9 Å². The van der Waals surface area contributed by atoms with E-state index in [2.05, 4.69) is 15.9 Å². The number of carbonyl (C=O) groups excluding carboxylic acids is 3. The summed E-state index contributed by atoms with van der Waals surface area (Å²) in [5.74, 6) is 0.511. The van der Waals surface area contributed by atoms with Crippen molar-refractivity contribution >= 4 is 33.7 Å². The molecule has 0 spiro atoms. The quantitative estimate of drug-likeness (QED) is 0.705. The Labute approximate surface area is 160 Å². The van der Waals surface area contributed by atoms with E-state index in [-0.39, 0.29) is 35.8 Å². The van der Waals surface area contributed by atoms with Gasteiger partial charge in [0.2, 0.25) is 11.8 Å². The maximum atomic E-state index is 13.2. The third-order valence-corrected chi connectivity index (χ3v) is 6.49. The van der Waals surface area contributed by atoms with Gasteiger partial charge in [0.15, 0.2) is 0 Å². The molecular weight excluding hydrogens is 400 g/mol. The molecule has 26 heavy (non-hydrogen) atoms. The number of ether oxygens (including phenoxy) is 1. The molecule has 0 aliphatic carbocycles. The molecule has 3 amide bonds. The summed E-state index contributed by atoms with van der Waals surface area (Å²) in [6, 6.07) is 5.48. The summed E-state index contributed by atoms with van der Waals surface area (Å²) in [6.07, 6.45) is 3.85. The standard InChI is InChI=1S/C19H21BrN2O4/c1-26-14-4-5-16(20)15(10-14)19(25)21-11-2-3-12(21)9-13(8-11)22-17(23)6-7-18(22)24/h4-5,10-13H,2-3,6-9H2,1H3. The molecule has 6 nitrogen and oxygen atoms in total. The van der Waals surface area contributed by atoms with Gasteiger partial charge in [0.05, 0.1) is 12.7 Å². The lowest BCUT2D eigenvalue weighted by Crippen LogP contribution is -2.53. The summed E-state index contributed by atoms with van der Waals surface area (Å²) in [6.45, 7) is 0. The minimum atomic E-state index is -0.0622. The van der Waals surface area contributed by atoms with Crippen molar-refractivity contribution in [3.05, 3.63) is 28.2 Å². The molecule has 4 rings (SSSR count). The highest BCUT2D eigenvalue weighted by molar-refractivity contribution is 9.10. The first-order chi connectivity index (χ1) is 12.5. The summed E-state index contributed by atoms with van der Waals surface area (Å²) in [7, 11) is 1.58. The van der Waals surface area contributed by atoms with Gasteiger partial charge >= 0.3 is 0 Å². The van der Waals surface area contributed by atoms with Gasteiger partial charge in [0, 0.05) is 35.4 Å². The number of likely N-dealkylation sites (tertiary alicyclic amines) is 1. The largest absolute Gasteiger partial charge is 0.497 e. The molecule has 3 aliphatic heterocycles. The third kappa shape index (κ3) is 2.82. The fourth-order valence-corrected chi connectivity index (χ4v) is 5.04. The first-order valence-electron chi connectivity index (χ1n) is 9.00. The Kier molecular flexibility index (Phi) is 4.50. The molecule has 3 saturated heterocycles. The highest BCUT2D eigenvalue weighted by Crippen LogP contribution is 2.40. The van der Waals surface area contributed by atoms with Crippen LogP contribution >= 0.6 is 15.9 Å². The Morgan fingerprint density at radius 1 is 1.08 bits per heavy atom. The van der Waals surface area contributed by atoms with E-state index in [4.69, 9.17) is 4.74 Å². The molecule has 3 aliphatic rings. The molecule has 0 N–H and O–H groups in total. The van der Waals surface area contributed by atoms with Crippen molar-refractivity contribution in [3.8, 4) is 5.75 Å². The number of hydrogen-bond acceptors (Lipinski definition) is 4. The minimum absolute atomic E-state index is 0.0131. The van der Waals surface area contributed by atoms with Gasteiger partial charge in [-0.05, 0) is 59.8 Å². The van der Waals surface area contributed by atoms with Gasteiger partial charge in [-0.15, -0.1) is 0 Å². The van der Waals surface area contributed by atoms with E-state index in [9.17, 15) is 14.4 Å². The molecule has 2 bridgehead atoms. The van der Waals surface area contributed by atoms with Crippen molar-refractivity contribution < 1.29 is 19.1 Å². The number of halogens is 1. The molecule has 7 heteroatoms. The average Bonchev–Trinajstić information content (AvgIpc) is 3.10. The molecule has 3 fully saturated rings. The van der Waals surface area contributed by atoms with Crippen molar-refractivity contribution in [2.24, 2.45) is 0 Å². The Balaban J connectivity index is 1.56. The monoisotopic (exact) mass is 420 g/mol. The number of fused-ring (bicyclic) bond motifs is 2. The number of rotatable bonds is 3. The van der Waals surface area contributed by atoms with E-state index in [0.29, 0.717) is 37.0 Å². The van der Waals surface area contributed by atoms with Crippen LogP contribution in [0.2, 0.25) is 0 Å². The number of benzene rings is 1. The van der Waals surface area contributed by atoms with Crippen molar-refractivity contribution in [1.29, 1.82) is 0 Å². The predicted molar refractivity (Wildman–Crippen MR) is 97.8 cm³/mol. The second-order valence-corrected chi connectivity index (χ2v) is 8.08. The van der Waals surface area contributed by atoms with Gasteiger partial charge in [-0.25, -0.2) is 0 Å². The van der Waals surface area contributed by atoms with Crippen molar-refractivity contribution in [2.75, 3.05) is 7.11 Å². The maximum Gasteiger partial charge on any atom is 0.255 e. The van der Waals surface area contributed by atoms with Crippen molar-refractivity contribution in [1.82, 2.24) is 9.80 Å². The Morgan fingerprint density at radius 2 is 1.69 bits per heavy atom. The number of piperidine rings is 1. The normalized spacial score (nSPS) is 28.0. The summed E-state index contributed by atoms with van der Waals surface area (Å²) in [5.41, 5.74) is 0.591. The highest BCUT2D eigenvalue weighted by Gasteiger charge is 2.48. The highest BCUT2D eigenvalue weighted by atomic mass is 79.9. The molecule has 3 heterocycles. The Bertz CT molecular complexity index is 751. The van der Waals surface area contributed by atoms with Crippen LogP contribution < -0.4 is 4.74 Å². The SMILES string of the molecule is COc1ccc(Br)c(C(=O)N2C3CCC2CC(N2C(=O)CCC2=O)C3)c1. The molecule has 1 aromatic carbocycles. The molecule has 0 saturated carbocycles. The number of imide groups is 1. The molecule has 0 radical (unpaired) electrons. The molecular formula is C19H21BrN2O4. The topological polar surface area (TPSA) is 66.9 Å².